The summed E-state index contributed by atoms with van der Waals surface area (Å²) in [7, 11) is 0. The predicted octanol–water partition coefficient (Wildman–Crippen LogP) is 3.56. The van der Waals surface area contributed by atoms with Crippen LogP contribution in [0.15, 0.2) is 55.0 Å². The highest BCUT2D eigenvalue weighted by atomic mass is 19.1. The summed E-state index contributed by atoms with van der Waals surface area (Å²) in [5, 5.41) is 4.53. The van der Waals surface area contributed by atoms with Gasteiger partial charge in [0.1, 0.15) is 5.82 Å². The fraction of sp³-hybridized carbons (Fsp3) is 0.375. The van der Waals surface area contributed by atoms with Crippen LogP contribution >= 0.6 is 0 Å². The highest BCUT2D eigenvalue weighted by molar-refractivity contribution is 5.81. The van der Waals surface area contributed by atoms with Crippen LogP contribution in [0.5, 0.6) is 0 Å². The highest BCUT2D eigenvalue weighted by Crippen LogP contribution is 2.27. The summed E-state index contributed by atoms with van der Waals surface area (Å²) in [6.45, 7) is 9.82. The molecule has 1 aliphatic heterocycles. The van der Waals surface area contributed by atoms with E-state index in [1.165, 1.54) is 12.1 Å². The Morgan fingerprint density at radius 2 is 1.65 bits per heavy atom. The second-order valence-corrected chi connectivity index (χ2v) is 8.86. The standard InChI is InChI=1S/C24H28FN5O/c1-24(2,3)29-14-12-28(13-15-29)22(31)16-19-17-27-30(21-6-4-20(25)5-7-21)23(19)18-8-10-26-11-9-18/h4-11,17H,12-16H2,1-3H3. The van der Waals surface area contributed by atoms with Gasteiger partial charge in [-0.1, -0.05) is 0 Å². The fourth-order valence-electron chi connectivity index (χ4n) is 4.01. The molecule has 0 saturated carbocycles. The van der Waals surface area contributed by atoms with Crippen LogP contribution in [-0.2, 0) is 11.2 Å². The molecule has 162 valence electrons. The fourth-order valence-corrected chi connectivity index (χ4v) is 4.01. The maximum atomic E-state index is 13.4. The van der Waals surface area contributed by atoms with E-state index in [9.17, 15) is 9.18 Å². The van der Waals surface area contributed by atoms with Gasteiger partial charge in [0.05, 0.1) is 24.0 Å². The molecular formula is C24H28FN5O. The molecule has 6 nitrogen and oxygen atoms in total. The third kappa shape index (κ3) is 4.66. The molecule has 1 saturated heterocycles. The molecule has 4 rings (SSSR count). The van der Waals surface area contributed by atoms with E-state index in [0.717, 1.165) is 48.7 Å². The lowest BCUT2D eigenvalue weighted by Crippen LogP contribution is -2.54. The van der Waals surface area contributed by atoms with Crippen molar-refractivity contribution >= 4 is 5.91 Å². The molecule has 1 aromatic carbocycles. The van der Waals surface area contributed by atoms with E-state index in [1.54, 1.807) is 35.4 Å². The molecule has 7 heteroatoms. The summed E-state index contributed by atoms with van der Waals surface area (Å²) in [5.74, 6) is -0.200. The Morgan fingerprint density at radius 3 is 2.26 bits per heavy atom. The zero-order chi connectivity index (χ0) is 22.0. The zero-order valence-corrected chi connectivity index (χ0v) is 18.3. The van der Waals surface area contributed by atoms with Gasteiger partial charge < -0.3 is 4.90 Å². The molecule has 3 aromatic rings. The Hall–Kier alpha value is -3.06. The number of carbonyl (C=O) groups is 1. The van der Waals surface area contributed by atoms with Crippen molar-refractivity contribution in [1.29, 1.82) is 0 Å². The van der Waals surface area contributed by atoms with Gasteiger partial charge in [-0.05, 0) is 57.2 Å². The zero-order valence-electron chi connectivity index (χ0n) is 18.3. The number of halogens is 1. The van der Waals surface area contributed by atoms with Gasteiger partial charge in [-0.2, -0.15) is 5.10 Å². The maximum Gasteiger partial charge on any atom is 0.227 e. The number of piperazine rings is 1. The number of rotatable bonds is 4. The van der Waals surface area contributed by atoms with Crippen LogP contribution in [0, 0.1) is 5.82 Å². The second-order valence-electron chi connectivity index (χ2n) is 8.86. The topological polar surface area (TPSA) is 54.3 Å². The normalized spacial score (nSPS) is 15.3. The van der Waals surface area contributed by atoms with Crippen LogP contribution in [0.4, 0.5) is 4.39 Å². The molecular weight excluding hydrogens is 393 g/mol. The molecule has 1 amide bonds. The van der Waals surface area contributed by atoms with Gasteiger partial charge in [0, 0.05) is 55.2 Å². The second kappa shape index (κ2) is 8.59. The summed E-state index contributed by atoms with van der Waals surface area (Å²) in [6, 6.07) is 9.98. The third-order valence-electron chi connectivity index (χ3n) is 5.79. The minimum absolute atomic E-state index is 0.0996. The summed E-state index contributed by atoms with van der Waals surface area (Å²) in [5.41, 5.74) is 3.44. The molecule has 2 aromatic heterocycles. The van der Waals surface area contributed by atoms with Crippen molar-refractivity contribution in [3.8, 4) is 16.9 Å². The van der Waals surface area contributed by atoms with E-state index in [-0.39, 0.29) is 23.7 Å². The lowest BCUT2D eigenvalue weighted by molar-refractivity contribution is -0.133. The number of benzene rings is 1. The summed E-state index contributed by atoms with van der Waals surface area (Å²) in [6.07, 6.45) is 5.44. The number of aromatic nitrogens is 3. The first kappa shape index (κ1) is 21.2. The van der Waals surface area contributed by atoms with Gasteiger partial charge in [-0.15, -0.1) is 0 Å². The number of pyridine rings is 1. The molecule has 3 heterocycles. The molecule has 1 aliphatic rings. The monoisotopic (exact) mass is 421 g/mol. The van der Waals surface area contributed by atoms with Crippen molar-refractivity contribution < 1.29 is 9.18 Å². The van der Waals surface area contributed by atoms with Crippen molar-refractivity contribution in [1.82, 2.24) is 24.6 Å². The number of amides is 1. The Bertz CT molecular complexity index is 1030. The minimum Gasteiger partial charge on any atom is -0.340 e. The number of carbonyl (C=O) groups excluding carboxylic acids is 1. The van der Waals surface area contributed by atoms with Crippen molar-refractivity contribution in [3.63, 3.8) is 0 Å². The van der Waals surface area contributed by atoms with Gasteiger partial charge in [0.2, 0.25) is 5.91 Å². The lowest BCUT2D eigenvalue weighted by atomic mass is 10.0. The van der Waals surface area contributed by atoms with E-state index < -0.39 is 0 Å². The molecule has 31 heavy (non-hydrogen) atoms. The largest absolute Gasteiger partial charge is 0.340 e. The molecule has 0 aliphatic carbocycles. The molecule has 0 unspecified atom stereocenters. The summed E-state index contributed by atoms with van der Waals surface area (Å²) < 4.78 is 15.2. The van der Waals surface area contributed by atoms with Gasteiger partial charge in [-0.3, -0.25) is 14.7 Å². The lowest BCUT2D eigenvalue weighted by Gasteiger charge is -2.42. The summed E-state index contributed by atoms with van der Waals surface area (Å²) >= 11 is 0. The molecule has 0 N–H and O–H groups in total. The van der Waals surface area contributed by atoms with E-state index in [2.05, 4.69) is 35.8 Å². The van der Waals surface area contributed by atoms with Gasteiger partial charge in [0.25, 0.3) is 0 Å². The number of hydrogen-bond acceptors (Lipinski definition) is 4. The molecule has 0 atom stereocenters. The number of nitrogens with zero attached hydrogens (tertiary/aromatic N) is 5. The van der Waals surface area contributed by atoms with E-state index in [4.69, 9.17) is 0 Å². The van der Waals surface area contributed by atoms with Gasteiger partial charge in [0.15, 0.2) is 0 Å². The minimum atomic E-state index is -0.300. The first-order valence-corrected chi connectivity index (χ1v) is 10.6. The smallest absolute Gasteiger partial charge is 0.227 e. The van der Waals surface area contributed by atoms with Crippen molar-refractivity contribution in [2.75, 3.05) is 26.2 Å². The first-order chi connectivity index (χ1) is 14.8. The third-order valence-corrected chi connectivity index (χ3v) is 5.79. The van der Waals surface area contributed by atoms with Crippen molar-refractivity contribution in [2.24, 2.45) is 0 Å². The van der Waals surface area contributed by atoms with Crippen LogP contribution in [-0.4, -0.2) is 62.2 Å². The SMILES string of the molecule is CC(C)(C)N1CCN(C(=O)Cc2cnn(-c3ccc(F)cc3)c2-c2ccncc2)CC1. The molecule has 0 radical (unpaired) electrons. The van der Waals surface area contributed by atoms with Gasteiger partial charge >= 0.3 is 0 Å². The Kier molecular flexibility index (Phi) is 5.87. The van der Waals surface area contributed by atoms with Crippen LogP contribution < -0.4 is 0 Å². The van der Waals surface area contributed by atoms with Crippen LogP contribution in [0.3, 0.4) is 0 Å². The highest BCUT2D eigenvalue weighted by Gasteiger charge is 2.28. The molecule has 0 bridgehead atoms. The molecule has 0 spiro atoms. The maximum absolute atomic E-state index is 13.4. The average Bonchev–Trinajstić information content (AvgIpc) is 3.17. The van der Waals surface area contributed by atoms with Crippen LogP contribution in [0.2, 0.25) is 0 Å². The van der Waals surface area contributed by atoms with Gasteiger partial charge in [-0.25, -0.2) is 9.07 Å². The molecule has 1 fully saturated rings. The van der Waals surface area contributed by atoms with E-state index in [1.807, 2.05) is 17.0 Å². The van der Waals surface area contributed by atoms with Crippen LogP contribution in [0.1, 0.15) is 26.3 Å². The predicted molar refractivity (Wildman–Crippen MR) is 118 cm³/mol. The Balaban J connectivity index is 1.59. The summed E-state index contributed by atoms with van der Waals surface area (Å²) in [4.78, 5) is 21.6. The Morgan fingerprint density at radius 1 is 1.00 bits per heavy atom. The van der Waals surface area contributed by atoms with E-state index in [0.29, 0.717) is 0 Å². The quantitative estimate of drug-likeness (QED) is 0.646. The van der Waals surface area contributed by atoms with Crippen molar-refractivity contribution in [3.05, 3.63) is 66.4 Å². The average molecular weight is 422 g/mol. The van der Waals surface area contributed by atoms with E-state index >= 15 is 0 Å². The van der Waals surface area contributed by atoms with Crippen molar-refractivity contribution in [2.45, 2.75) is 32.7 Å². The Labute approximate surface area is 182 Å². The van der Waals surface area contributed by atoms with Crippen LogP contribution in [0.25, 0.3) is 16.9 Å². The first-order valence-electron chi connectivity index (χ1n) is 10.6. The number of hydrogen-bond donors (Lipinski definition) is 0.